The van der Waals surface area contributed by atoms with Gasteiger partial charge in [-0.15, -0.1) is 4.40 Å². The van der Waals surface area contributed by atoms with E-state index < -0.39 is 27.2 Å². The number of benzene rings is 3. The lowest BCUT2D eigenvalue weighted by Crippen LogP contribution is -2.19. The summed E-state index contributed by atoms with van der Waals surface area (Å²) < 4.78 is 58.5. The Morgan fingerprint density at radius 1 is 1.06 bits per heavy atom. The average molecular weight is 496 g/mol. The summed E-state index contributed by atoms with van der Waals surface area (Å²) in [5, 5.41) is 0.379. The predicted molar refractivity (Wildman–Crippen MR) is 129 cm³/mol. The zero-order valence-electron chi connectivity index (χ0n) is 18.4. The molecule has 0 bridgehead atoms. The molecule has 0 fully saturated rings. The van der Waals surface area contributed by atoms with Gasteiger partial charge >= 0.3 is 0 Å². The lowest BCUT2D eigenvalue weighted by molar-refractivity contribution is -0.106. The third-order valence-electron chi connectivity index (χ3n) is 5.36. The van der Waals surface area contributed by atoms with Gasteiger partial charge < -0.3 is 10.5 Å². The molecule has 0 aliphatic rings. The van der Waals surface area contributed by atoms with Gasteiger partial charge in [0.25, 0.3) is 15.6 Å². The molecule has 10 heteroatoms. The Morgan fingerprint density at radius 3 is 2.54 bits per heavy atom. The first-order valence-electron chi connectivity index (χ1n) is 10.4. The molecule has 0 aliphatic heterocycles. The third kappa shape index (κ3) is 4.73. The lowest BCUT2D eigenvalue weighted by atomic mass is 10.0. The number of carbonyl (C=O) groups excluding carboxylic acids is 1. The minimum Gasteiger partial charge on any atom is -0.386 e. The first-order chi connectivity index (χ1) is 16.6. The van der Waals surface area contributed by atoms with Crippen LogP contribution in [0, 0.1) is 18.6 Å². The van der Waals surface area contributed by atoms with Crippen molar-refractivity contribution in [3.05, 3.63) is 94.3 Å². The Labute approximate surface area is 199 Å². The van der Waals surface area contributed by atoms with Crippen molar-refractivity contribution in [3.8, 4) is 16.8 Å². The first kappa shape index (κ1) is 24.0. The van der Waals surface area contributed by atoms with E-state index in [9.17, 15) is 22.4 Å². The van der Waals surface area contributed by atoms with Gasteiger partial charge in [-0.1, -0.05) is 12.1 Å². The molecule has 35 heavy (non-hydrogen) atoms. The number of aryl methyl sites for hydroxylation is 1. The standard InChI is InChI=1S/C25H19F2N3O4S/c1-15-11-20(16-3-2-4-18(26)12-16)21(27)14-23(15)30-22-7-6-19(13-17(22)5-8-25(30)32)35(33,34)29-24(28)9-10-31/h2-8,10-14H,9H2,1H3,(H2,28,29). The Kier molecular flexibility index (Phi) is 6.31. The number of halogens is 2. The Morgan fingerprint density at radius 2 is 1.83 bits per heavy atom. The molecule has 4 rings (SSSR count). The second-order valence-electron chi connectivity index (χ2n) is 7.78. The molecule has 0 saturated heterocycles. The highest BCUT2D eigenvalue weighted by Crippen LogP contribution is 2.29. The van der Waals surface area contributed by atoms with E-state index in [0.29, 0.717) is 28.3 Å². The summed E-state index contributed by atoms with van der Waals surface area (Å²) >= 11 is 0. The zero-order valence-corrected chi connectivity index (χ0v) is 19.2. The highest BCUT2D eigenvalue weighted by atomic mass is 32.2. The van der Waals surface area contributed by atoms with E-state index in [0.717, 1.165) is 0 Å². The van der Waals surface area contributed by atoms with Crippen LogP contribution in [0.3, 0.4) is 0 Å². The van der Waals surface area contributed by atoms with Gasteiger partial charge in [-0.3, -0.25) is 9.36 Å². The van der Waals surface area contributed by atoms with Crippen molar-refractivity contribution in [2.75, 3.05) is 0 Å². The Bertz CT molecular complexity index is 1680. The molecular weight excluding hydrogens is 476 g/mol. The second kappa shape index (κ2) is 9.22. The molecule has 2 N–H and O–H groups in total. The van der Waals surface area contributed by atoms with Gasteiger partial charge in [-0.2, -0.15) is 8.42 Å². The van der Waals surface area contributed by atoms with E-state index in [4.69, 9.17) is 5.73 Å². The van der Waals surface area contributed by atoms with Gasteiger partial charge in [0, 0.05) is 17.0 Å². The minimum atomic E-state index is -4.19. The van der Waals surface area contributed by atoms with Gasteiger partial charge in [0.2, 0.25) is 0 Å². The van der Waals surface area contributed by atoms with Crippen LogP contribution in [0.1, 0.15) is 12.0 Å². The maximum atomic E-state index is 15.1. The highest BCUT2D eigenvalue weighted by molar-refractivity contribution is 7.90. The van der Waals surface area contributed by atoms with Crippen LogP contribution in [0.2, 0.25) is 0 Å². The maximum absolute atomic E-state index is 15.1. The van der Waals surface area contributed by atoms with Crippen molar-refractivity contribution in [2.24, 2.45) is 10.1 Å². The van der Waals surface area contributed by atoms with Crippen LogP contribution >= 0.6 is 0 Å². The first-order valence-corrected chi connectivity index (χ1v) is 11.8. The van der Waals surface area contributed by atoms with Crippen molar-refractivity contribution in [3.63, 3.8) is 0 Å². The molecule has 0 amide bonds. The molecule has 1 aromatic heterocycles. The number of amidine groups is 1. The number of aldehydes is 1. The van der Waals surface area contributed by atoms with Crippen LogP contribution in [0.15, 0.2) is 80.8 Å². The summed E-state index contributed by atoms with van der Waals surface area (Å²) in [6.45, 7) is 1.69. The zero-order chi connectivity index (χ0) is 25.3. The molecule has 0 radical (unpaired) electrons. The quantitative estimate of drug-likeness (QED) is 0.248. The molecule has 178 valence electrons. The summed E-state index contributed by atoms with van der Waals surface area (Å²) in [7, 11) is -4.19. The van der Waals surface area contributed by atoms with Crippen LogP contribution in [-0.4, -0.2) is 25.1 Å². The van der Waals surface area contributed by atoms with Crippen molar-refractivity contribution in [2.45, 2.75) is 18.2 Å². The average Bonchev–Trinajstić information content (AvgIpc) is 2.80. The SMILES string of the molecule is Cc1cc(-c2cccc(F)c2)c(F)cc1-n1c(=O)ccc2cc(S(=O)(=O)N=C(N)CC=O)ccc21. The fourth-order valence-electron chi connectivity index (χ4n) is 3.75. The second-order valence-corrected chi connectivity index (χ2v) is 9.39. The van der Waals surface area contributed by atoms with Gasteiger partial charge in [-0.25, -0.2) is 8.78 Å². The number of hydrogen-bond acceptors (Lipinski definition) is 4. The van der Waals surface area contributed by atoms with Gasteiger partial charge in [-0.05, 0) is 66.6 Å². The Balaban J connectivity index is 1.87. The number of aromatic nitrogens is 1. The minimum absolute atomic E-state index is 0.179. The molecular formula is C25H19F2N3O4S. The van der Waals surface area contributed by atoms with Crippen molar-refractivity contribution < 1.29 is 22.0 Å². The van der Waals surface area contributed by atoms with Crippen LogP contribution in [0.4, 0.5) is 8.78 Å². The molecule has 1 heterocycles. The number of nitrogens with zero attached hydrogens (tertiary/aromatic N) is 2. The van der Waals surface area contributed by atoms with E-state index in [1.165, 1.54) is 65.2 Å². The number of nitrogens with two attached hydrogens (primary N) is 1. The van der Waals surface area contributed by atoms with E-state index in [2.05, 4.69) is 4.40 Å². The summed E-state index contributed by atoms with van der Waals surface area (Å²) in [5.74, 6) is -1.51. The van der Waals surface area contributed by atoms with Crippen molar-refractivity contribution >= 4 is 33.0 Å². The fourth-order valence-corrected chi connectivity index (χ4v) is 4.76. The molecule has 0 atom stereocenters. The highest BCUT2D eigenvalue weighted by Gasteiger charge is 2.18. The molecule has 7 nitrogen and oxygen atoms in total. The maximum Gasteiger partial charge on any atom is 0.283 e. The van der Waals surface area contributed by atoms with Crippen LogP contribution < -0.4 is 11.3 Å². The smallest absolute Gasteiger partial charge is 0.283 e. The van der Waals surface area contributed by atoms with Gasteiger partial charge in [0.05, 0.1) is 22.5 Å². The topological polar surface area (TPSA) is 112 Å². The number of pyridine rings is 1. The number of carbonyl (C=O) groups is 1. The van der Waals surface area contributed by atoms with E-state index >= 15 is 4.39 Å². The van der Waals surface area contributed by atoms with E-state index in [1.54, 1.807) is 13.0 Å². The number of fused-ring (bicyclic) bond motifs is 1. The summed E-state index contributed by atoms with van der Waals surface area (Å²) in [6, 6.07) is 14.9. The monoisotopic (exact) mass is 495 g/mol. The summed E-state index contributed by atoms with van der Waals surface area (Å²) in [4.78, 5) is 23.2. The lowest BCUT2D eigenvalue weighted by Gasteiger charge is -2.15. The normalized spacial score (nSPS) is 12.1. The molecule has 4 aromatic rings. The summed E-state index contributed by atoms with van der Waals surface area (Å²) in [5.41, 5.74) is 6.68. The largest absolute Gasteiger partial charge is 0.386 e. The number of rotatable bonds is 6. The molecule has 0 unspecified atom stereocenters. The van der Waals surface area contributed by atoms with Crippen molar-refractivity contribution in [1.29, 1.82) is 0 Å². The predicted octanol–water partition coefficient (Wildman–Crippen LogP) is 3.88. The fraction of sp³-hybridized carbons (Fsp3) is 0.0800. The van der Waals surface area contributed by atoms with E-state index in [1.807, 2.05) is 0 Å². The third-order valence-corrected chi connectivity index (χ3v) is 6.68. The van der Waals surface area contributed by atoms with Crippen LogP contribution in [-0.2, 0) is 14.8 Å². The van der Waals surface area contributed by atoms with Crippen LogP contribution in [0.25, 0.3) is 27.7 Å². The molecule has 0 aliphatic carbocycles. The molecule has 0 spiro atoms. The molecule has 3 aromatic carbocycles. The summed E-state index contributed by atoms with van der Waals surface area (Å²) in [6.07, 6.45) is 0.108. The Hall–Kier alpha value is -4.18. The van der Waals surface area contributed by atoms with Crippen LogP contribution in [0.5, 0.6) is 0 Å². The molecule has 0 saturated carbocycles. The van der Waals surface area contributed by atoms with E-state index in [-0.39, 0.29) is 28.4 Å². The number of hydrogen-bond donors (Lipinski definition) is 1. The number of sulfonamides is 1. The van der Waals surface area contributed by atoms with Crippen molar-refractivity contribution in [1.82, 2.24) is 4.57 Å². The van der Waals surface area contributed by atoms with Gasteiger partial charge in [0.15, 0.2) is 0 Å². The van der Waals surface area contributed by atoms with Gasteiger partial charge in [0.1, 0.15) is 23.8 Å².